The number of benzene rings is 2. The van der Waals surface area contributed by atoms with Crippen molar-refractivity contribution in [2.24, 2.45) is 7.05 Å². The summed E-state index contributed by atoms with van der Waals surface area (Å²) in [4.78, 5) is 4.38. The zero-order valence-electron chi connectivity index (χ0n) is 11.5. The number of imidazole rings is 1. The van der Waals surface area contributed by atoms with Crippen LogP contribution in [-0.2, 0) is 7.05 Å². The van der Waals surface area contributed by atoms with E-state index in [1.165, 1.54) is 10.8 Å². The highest BCUT2D eigenvalue weighted by Crippen LogP contribution is 2.25. The van der Waals surface area contributed by atoms with Crippen molar-refractivity contribution in [3.05, 3.63) is 59.1 Å². The number of nitrogens with one attached hydrogen (secondary N) is 1. The molecule has 3 nitrogen and oxygen atoms in total. The number of hydrogen-bond acceptors (Lipinski definition) is 2. The lowest BCUT2D eigenvalue weighted by molar-refractivity contribution is 0.722. The lowest BCUT2D eigenvalue weighted by Crippen LogP contribution is -2.11. The fourth-order valence-corrected chi connectivity index (χ4v) is 2.79. The van der Waals surface area contributed by atoms with Crippen molar-refractivity contribution in [3.63, 3.8) is 0 Å². The van der Waals surface area contributed by atoms with Gasteiger partial charge in [0, 0.05) is 29.6 Å². The second-order valence-electron chi connectivity index (χ2n) is 4.97. The van der Waals surface area contributed by atoms with E-state index in [0.29, 0.717) is 0 Å². The molecule has 0 spiro atoms. The molecule has 0 saturated carbocycles. The number of halogens is 1. The number of nitrogens with zero attached hydrogens (tertiary/aromatic N) is 2. The van der Waals surface area contributed by atoms with Crippen molar-refractivity contribution in [2.45, 2.75) is 13.0 Å². The van der Waals surface area contributed by atoms with Crippen LogP contribution in [-0.4, -0.2) is 9.55 Å². The summed E-state index contributed by atoms with van der Waals surface area (Å²) < 4.78 is 3.14. The first-order valence-corrected chi connectivity index (χ1v) is 7.36. The van der Waals surface area contributed by atoms with Gasteiger partial charge < -0.3 is 9.88 Å². The van der Waals surface area contributed by atoms with Crippen LogP contribution in [0.3, 0.4) is 0 Å². The predicted octanol–water partition coefficient (Wildman–Crippen LogP) is 4.51. The summed E-state index contributed by atoms with van der Waals surface area (Å²) in [7, 11) is 2.01. The normalized spacial score (nSPS) is 12.6. The second kappa shape index (κ2) is 5.29. The molecule has 3 rings (SSSR count). The average molecular weight is 330 g/mol. The van der Waals surface area contributed by atoms with E-state index in [0.717, 1.165) is 16.0 Å². The minimum Gasteiger partial charge on any atom is -0.375 e. The number of anilines is 1. The number of fused-ring (bicyclic) bond motifs is 1. The number of aryl methyl sites for hydroxylation is 1. The van der Waals surface area contributed by atoms with E-state index < -0.39 is 0 Å². The van der Waals surface area contributed by atoms with Crippen molar-refractivity contribution in [3.8, 4) is 0 Å². The Hall–Kier alpha value is -1.81. The molecule has 0 bridgehead atoms. The van der Waals surface area contributed by atoms with Crippen molar-refractivity contribution in [1.82, 2.24) is 9.55 Å². The first kappa shape index (κ1) is 13.2. The molecule has 0 amide bonds. The number of hydrogen-bond donors (Lipinski definition) is 1. The van der Waals surface area contributed by atoms with Crippen molar-refractivity contribution < 1.29 is 0 Å². The summed E-state index contributed by atoms with van der Waals surface area (Å²) in [6, 6.07) is 12.9. The van der Waals surface area contributed by atoms with E-state index in [-0.39, 0.29) is 6.04 Å². The van der Waals surface area contributed by atoms with Crippen molar-refractivity contribution >= 4 is 32.4 Å². The van der Waals surface area contributed by atoms with Gasteiger partial charge in [-0.1, -0.05) is 28.1 Å². The molecule has 102 valence electrons. The molecular weight excluding hydrogens is 314 g/mol. The molecular formula is C16H16BrN3. The average Bonchev–Trinajstić information content (AvgIpc) is 2.85. The van der Waals surface area contributed by atoms with Crippen LogP contribution in [0.1, 0.15) is 18.8 Å². The predicted molar refractivity (Wildman–Crippen MR) is 86.9 cm³/mol. The summed E-state index contributed by atoms with van der Waals surface area (Å²) in [6.45, 7) is 2.12. The Kier molecular flexibility index (Phi) is 3.49. The summed E-state index contributed by atoms with van der Waals surface area (Å²) >= 11 is 3.50. The van der Waals surface area contributed by atoms with Crippen LogP contribution >= 0.6 is 15.9 Å². The Balaban J connectivity index is 1.88. The van der Waals surface area contributed by atoms with E-state index in [9.17, 15) is 0 Å². The minimum absolute atomic E-state index is 0.169. The van der Waals surface area contributed by atoms with Crippen LogP contribution < -0.4 is 5.32 Å². The van der Waals surface area contributed by atoms with Gasteiger partial charge in [0.1, 0.15) is 5.82 Å². The largest absolute Gasteiger partial charge is 0.375 e. The van der Waals surface area contributed by atoms with Crippen LogP contribution in [0.25, 0.3) is 10.8 Å². The quantitative estimate of drug-likeness (QED) is 0.766. The second-order valence-corrected chi connectivity index (χ2v) is 5.88. The van der Waals surface area contributed by atoms with Gasteiger partial charge in [-0.05, 0) is 42.0 Å². The van der Waals surface area contributed by atoms with Gasteiger partial charge in [0.15, 0.2) is 0 Å². The highest BCUT2D eigenvalue weighted by molar-refractivity contribution is 9.10. The Morgan fingerprint density at radius 3 is 2.65 bits per heavy atom. The lowest BCUT2D eigenvalue weighted by Gasteiger charge is -2.15. The van der Waals surface area contributed by atoms with Gasteiger partial charge >= 0.3 is 0 Å². The zero-order chi connectivity index (χ0) is 14.1. The zero-order valence-corrected chi connectivity index (χ0v) is 13.1. The van der Waals surface area contributed by atoms with Gasteiger partial charge in [-0.15, -0.1) is 0 Å². The van der Waals surface area contributed by atoms with Crippen molar-refractivity contribution in [2.75, 3.05) is 5.32 Å². The minimum atomic E-state index is 0.169. The maximum absolute atomic E-state index is 4.38. The topological polar surface area (TPSA) is 29.9 Å². The maximum Gasteiger partial charge on any atom is 0.130 e. The summed E-state index contributed by atoms with van der Waals surface area (Å²) in [5, 5.41) is 5.95. The Morgan fingerprint density at radius 1 is 1.15 bits per heavy atom. The standard InChI is InChI=1S/C16H16BrN3/c1-11(16-18-7-8-20(16)2)19-15-6-4-12-9-14(17)5-3-13(12)10-15/h3-11,19H,1-2H3. The third-order valence-electron chi connectivity index (χ3n) is 3.43. The van der Waals surface area contributed by atoms with Gasteiger partial charge in [-0.3, -0.25) is 0 Å². The summed E-state index contributed by atoms with van der Waals surface area (Å²) in [5.74, 6) is 1.03. The van der Waals surface area contributed by atoms with E-state index in [1.54, 1.807) is 0 Å². The lowest BCUT2D eigenvalue weighted by atomic mass is 10.1. The number of aromatic nitrogens is 2. The van der Waals surface area contributed by atoms with Crippen LogP contribution in [0, 0.1) is 0 Å². The van der Waals surface area contributed by atoms with Gasteiger partial charge in [0.05, 0.1) is 6.04 Å². The van der Waals surface area contributed by atoms with Crippen LogP contribution in [0.4, 0.5) is 5.69 Å². The van der Waals surface area contributed by atoms with E-state index in [4.69, 9.17) is 0 Å². The maximum atomic E-state index is 4.38. The highest BCUT2D eigenvalue weighted by atomic mass is 79.9. The molecule has 0 aliphatic heterocycles. The van der Waals surface area contributed by atoms with Gasteiger partial charge in [0.2, 0.25) is 0 Å². The highest BCUT2D eigenvalue weighted by Gasteiger charge is 2.10. The SMILES string of the molecule is CC(Nc1ccc2cc(Br)ccc2c1)c1nccn1C. The monoisotopic (exact) mass is 329 g/mol. The van der Waals surface area contributed by atoms with Crippen molar-refractivity contribution in [1.29, 1.82) is 0 Å². The molecule has 1 unspecified atom stereocenters. The van der Waals surface area contributed by atoms with Gasteiger partial charge in [0.25, 0.3) is 0 Å². The molecule has 1 heterocycles. The Labute approximate surface area is 126 Å². The summed E-state index contributed by atoms with van der Waals surface area (Å²) in [6.07, 6.45) is 3.79. The first-order valence-electron chi connectivity index (χ1n) is 6.56. The first-order chi connectivity index (χ1) is 9.63. The molecule has 20 heavy (non-hydrogen) atoms. The van der Waals surface area contributed by atoms with Crippen LogP contribution in [0.15, 0.2) is 53.3 Å². The molecule has 1 atom stereocenters. The smallest absolute Gasteiger partial charge is 0.130 e. The molecule has 1 aromatic heterocycles. The van der Waals surface area contributed by atoms with Crippen LogP contribution in [0.2, 0.25) is 0 Å². The third-order valence-corrected chi connectivity index (χ3v) is 3.92. The van der Waals surface area contributed by atoms with Crippen LogP contribution in [0.5, 0.6) is 0 Å². The van der Waals surface area contributed by atoms with Gasteiger partial charge in [-0.2, -0.15) is 0 Å². The van der Waals surface area contributed by atoms with E-state index >= 15 is 0 Å². The fourth-order valence-electron chi connectivity index (χ4n) is 2.42. The molecule has 0 aliphatic rings. The van der Waals surface area contributed by atoms with E-state index in [1.807, 2.05) is 24.0 Å². The number of rotatable bonds is 3. The molecule has 3 aromatic rings. The molecule has 0 fully saturated rings. The van der Waals surface area contributed by atoms with Gasteiger partial charge in [-0.25, -0.2) is 4.98 Å². The molecule has 0 radical (unpaired) electrons. The Bertz CT molecular complexity index is 748. The molecule has 2 aromatic carbocycles. The molecule has 0 aliphatic carbocycles. The molecule has 1 N–H and O–H groups in total. The third kappa shape index (κ3) is 2.56. The Morgan fingerprint density at radius 2 is 1.90 bits per heavy atom. The summed E-state index contributed by atoms with van der Waals surface area (Å²) in [5.41, 5.74) is 1.11. The van der Waals surface area contributed by atoms with E-state index in [2.05, 4.69) is 69.6 Å². The molecule has 4 heteroatoms. The fraction of sp³-hybridized carbons (Fsp3) is 0.188. The molecule has 0 saturated heterocycles.